The molecule has 0 spiro atoms. The van der Waals surface area contributed by atoms with E-state index in [1.807, 2.05) is 67.6 Å². The number of carbonyl (C=O) groups is 2. The Morgan fingerprint density at radius 3 is 2.21 bits per heavy atom. The molecule has 0 atom stereocenters. The van der Waals surface area contributed by atoms with Crippen LogP contribution in [0.25, 0.3) is 22.6 Å². The van der Waals surface area contributed by atoms with Crippen LogP contribution in [0.15, 0.2) is 65.1 Å². The lowest BCUT2D eigenvalue weighted by molar-refractivity contribution is -0.126. The largest absolute Gasteiger partial charge is 0.440 e. The molecule has 29 heavy (non-hydrogen) atoms. The molecule has 0 saturated carbocycles. The summed E-state index contributed by atoms with van der Waals surface area (Å²) in [4.78, 5) is 28.3. The van der Waals surface area contributed by atoms with E-state index in [1.54, 1.807) is 0 Å². The van der Waals surface area contributed by atoms with Crippen molar-refractivity contribution < 1.29 is 14.0 Å². The van der Waals surface area contributed by atoms with Crippen LogP contribution >= 0.6 is 0 Å². The van der Waals surface area contributed by atoms with Gasteiger partial charge < -0.3 is 15.1 Å². The van der Waals surface area contributed by atoms with Gasteiger partial charge in [0.1, 0.15) is 5.69 Å². The summed E-state index contributed by atoms with van der Waals surface area (Å²) in [6.45, 7) is 2.56. The number of amides is 2. The highest BCUT2D eigenvalue weighted by Crippen LogP contribution is 2.32. The fraction of sp³-hybridized carbons (Fsp3) is 0.261. The summed E-state index contributed by atoms with van der Waals surface area (Å²) in [6.07, 6.45) is 1.41. The normalized spacial score (nSPS) is 10.5. The van der Waals surface area contributed by atoms with E-state index < -0.39 is 0 Å². The topological polar surface area (TPSA) is 84.2 Å². The summed E-state index contributed by atoms with van der Waals surface area (Å²) in [5, 5.41) is 5.35. The lowest BCUT2D eigenvalue weighted by atomic mass is 10.1. The maximum absolute atomic E-state index is 12.1. The molecule has 2 amide bonds. The molecule has 0 aliphatic carbocycles. The molecule has 0 aliphatic heterocycles. The standard InChI is InChI=1S/C23H25N3O3/c1-2-15-24-20(28)16-25-19(27)13-14-21-26-22(17-9-5-3-6-10-17)23(29-21)18-11-7-4-8-12-18/h3-12H,2,13-16H2,1H3,(H,24,28)(H,25,27). The molecule has 1 aromatic heterocycles. The van der Waals surface area contributed by atoms with Gasteiger partial charge in [0.25, 0.3) is 0 Å². The number of nitrogens with one attached hydrogen (secondary N) is 2. The molecule has 0 unspecified atom stereocenters. The molecule has 0 aliphatic rings. The average molecular weight is 391 g/mol. The number of benzene rings is 2. The molecule has 0 bridgehead atoms. The van der Waals surface area contributed by atoms with Crippen LogP contribution in [0.1, 0.15) is 25.7 Å². The molecule has 0 saturated heterocycles. The lowest BCUT2D eigenvalue weighted by Crippen LogP contribution is -2.37. The second kappa shape index (κ2) is 10.2. The molecule has 3 rings (SSSR count). The van der Waals surface area contributed by atoms with Gasteiger partial charge in [-0.3, -0.25) is 9.59 Å². The monoisotopic (exact) mass is 391 g/mol. The molecule has 2 aromatic carbocycles. The zero-order chi connectivity index (χ0) is 20.5. The van der Waals surface area contributed by atoms with Gasteiger partial charge in [-0.1, -0.05) is 67.6 Å². The quantitative estimate of drug-likeness (QED) is 0.584. The van der Waals surface area contributed by atoms with Gasteiger partial charge in [0.15, 0.2) is 11.7 Å². The summed E-state index contributed by atoms with van der Waals surface area (Å²) in [6, 6.07) is 19.6. The summed E-state index contributed by atoms with van der Waals surface area (Å²) >= 11 is 0. The van der Waals surface area contributed by atoms with E-state index in [9.17, 15) is 9.59 Å². The van der Waals surface area contributed by atoms with E-state index >= 15 is 0 Å². The van der Waals surface area contributed by atoms with Crippen LogP contribution in [-0.2, 0) is 16.0 Å². The zero-order valence-electron chi connectivity index (χ0n) is 16.5. The Kier molecular flexibility index (Phi) is 7.16. The molecule has 3 aromatic rings. The van der Waals surface area contributed by atoms with Crippen molar-refractivity contribution >= 4 is 11.8 Å². The predicted molar refractivity (Wildman–Crippen MR) is 112 cm³/mol. The Morgan fingerprint density at radius 2 is 1.55 bits per heavy atom. The SMILES string of the molecule is CCCNC(=O)CNC(=O)CCc1nc(-c2ccccc2)c(-c2ccccc2)o1. The minimum absolute atomic E-state index is 0.0189. The van der Waals surface area contributed by atoms with Crippen molar-refractivity contribution in [2.45, 2.75) is 26.2 Å². The van der Waals surface area contributed by atoms with Gasteiger partial charge in [-0.2, -0.15) is 0 Å². The number of nitrogens with zero attached hydrogens (tertiary/aromatic N) is 1. The smallest absolute Gasteiger partial charge is 0.239 e. The second-order valence-corrected chi connectivity index (χ2v) is 6.64. The Morgan fingerprint density at radius 1 is 0.897 bits per heavy atom. The van der Waals surface area contributed by atoms with Gasteiger partial charge in [0, 0.05) is 30.5 Å². The number of aromatic nitrogens is 1. The third-order valence-corrected chi connectivity index (χ3v) is 4.34. The van der Waals surface area contributed by atoms with E-state index in [4.69, 9.17) is 4.42 Å². The minimum atomic E-state index is -0.211. The van der Waals surface area contributed by atoms with Gasteiger partial charge in [0.05, 0.1) is 6.54 Å². The van der Waals surface area contributed by atoms with E-state index in [1.165, 1.54) is 0 Å². The Hall–Kier alpha value is -3.41. The van der Waals surface area contributed by atoms with Gasteiger partial charge in [0.2, 0.25) is 11.8 Å². The van der Waals surface area contributed by atoms with Crippen LogP contribution in [-0.4, -0.2) is 29.9 Å². The highest BCUT2D eigenvalue weighted by atomic mass is 16.4. The van der Waals surface area contributed by atoms with Crippen molar-refractivity contribution in [3.8, 4) is 22.6 Å². The summed E-state index contributed by atoms with van der Waals surface area (Å²) in [5.74, 6) is 0.783. The first-order valence-electron chi connectivity index (χ1n) is 9.81. The van der Waals surface area contributed by atoms with Gasteiger partial charge in [-0.25, -0.2) is 4.98 Å². The maximum atomic E-state index is 12.1. The van der Waals surface area contributed by atoms with Crippen molar-refractivity contribution in [3.05, 3.63) is 66.6 Å². The van der Waals surface area contributed by atoms with Gasteiger partial charge in [-0.15, -0.1) is 0 Å². The number of aryl methyl sites for hydroxylation is 1. The van der Waals surface area contributed by atoms with Gasteiger partial charge in [-0.05, 0) is 6.42 Å². The zero-order valence-corrected chi connectivity index (χ0v) is 16.5. The maximum Gasteiger partial charge on any atom is 0.239 e. The van der Waals surface area contributed by atoms with Gasteiger partial charge >= 0.3 is 0 Å². The minimum Gasteiger partial charge on any atom is -0.440 e. The van der Waals surface area contributed by atoms with Crippen LogP contribution in [0.2, 0.25) is 0 Å². The summed E-state index contributed by atoms with van der Waals surface area (Å²) in [7, 11) is 0. The molecule has 2 N–H and O–H groups in total. The van der Waals surface area contributed by atoms with Crippen LogP contribution in [0, 0.1) is 0 Å². The molecule has 150 valence electrons. The van der Waals surface area contributed by atoms with E-state index in [0.29, 0.717) is 24.6 Å². The number of carbonyl (C=O) groups excluding carboxylic acids is 2. The van der Waals surface area contributed by atoms with Crippen molar-refractivity contribution in [3.63, 3.8) is 0 Å². The van der Waals surface area contributed by atoms with Crippen LogP contribution < -0.4 is 10.6 Å². The fourth-order valence-electron chi connectivity index (χ4n) is 2.86. The number of hydrogen-bond donors (Lipinski definition) is 2. The van der Waals surface area contributed by atoms with Crippen LogP contribution in [0.4, 0.5) is 0 Å². The first-order valence-corrected chi connectivity index (χ1v) is 9.81. The first kappa shape index (κ1) is 20.3. The highest BCUT2D eigenvalue weighted by molar-refractivity contribution is 5.84. The Labute approximate surface area is 170 Å². The molecular formula is C23H25N3O3. The third kappa shape index (κ3) is 5.78. The van der Waals surface area contributed by atoms with Crippen molar-refractivity contribution in [1.82, 2.24) is 15.6 Å². The van der Waals surface area contributed by atoms with E-state index in [2.05, 4.69) is 15.6 Å². The van der Waals surface area contributed by atoms with E-state index in [-0.39, 0.29) is 24.8 Å². The summed E-state index contributed by atoms with van der Waals surface area (Å²) in [5.41, 5.74) is 2.65. The van der Waals surface area contributed by atoms with Crippen molar-refractivity contribution in [1.29, 1.82) is 0 Å². The third-order valence-electron chi connectivity index (χ3n) is 4.34. The van der Waals surface area contributed by atoms with Crippen LogP contribution in [0.3, 0.4) is 0 Å². The number of rotatable bonds is 9. The summed E-state index contributed by atoms with van der Waals surface area (Å²) < 4.78 is 6.01. The molecule has 1 heterocycles. The number of oxazole rings is 1. The predicted octanol–water partition coefficient (Wildman–Crippen LogP) is 3.58. The second-order valence-electron chi connectivity index (χ2n) is 6.64. The van der Waals surface area contributed by atoms with Crippen molar-refractivity contribution in [2.75, 3.05) is 13.1 Å². The molecule has 0 fully saturated rings. The fourth-order valence-corrected chi connectivity index (χ4v) is 2.86. The lowest BCUT2D eigenvalue weighted by Gasteiger charge is -2.05. The average Bonchev–Trinajstić information content (AvgIpc) is 3.20. The number of hydrogen-bond acceptors (Lipinski definition) is 4. The van der Waals surface area contributed by atoms with Crippen LogP contribution in [0.5, 0.6) is 0 Å². The molecule has 6 heteroatoms. The molecule has 6 nitrogen and oxygen atoms in total. The highest BCUT2D eigenvalue weighted by Gasteiger charge is 2.17. The van der Waals surface area contributed by atoms with E-state index in [0.717, 1.165) is 23.2 Å². The first-order chi connectivity index (χ1) is 14.2. The molecule has 0 radical (unpaired) electrons. The van der Waals surface area contributed by atoms with Crippen molar-refractivity contribution in [2.24, 2.45) is 0 Å². The Balaban J connectivity index is 1.68. The molecular weight excluding hydrogens is 366 g/mol. The Bertz CT molecular complexity index is 880.